The van der Waals surface area contributed by atoms with Gasteiger partial charge in [-0.3, -0.25) is 9.48 Å². The molecule has 4 rings (SSSR count). The fourth-order valence-corrected chi connectivity index (χ4v) is 4.21. The van der Waals surface area contributed by atoms with Crippen molar-refractivity contribution in [2.75, 3.05) is 5.32 Å². The molecule has 4 aromatic rings. The highest BCUT2D eigenvalue weighted by atomic mass is 35.5. The first-order chi connectivity index (χ1) is 15.8. The average Bonchev–Trinajstić information content (AvgIpc) is 3.36. The van der Waals surface area contributed by atoms with Crippen LogP contribution >= 0.6 is 46.4 Å². The van der Waals surface area contributed by atoms with E-state index in [1.165, 1.54) is 12.1 Å². The van der Waals surface area contributed by atoms with Gasteiger partial charge in [0.25, 0.3) is 5.91 Å². The van der Waals surface area contributed by atoms with Crippen molar-refractivity contribution in [3.8, 4) is 5.75 Å². The van der Waals surface area contributed by atoms with Crippen molar-refractivity contribution in [3.05, 3.63) is 97.5 Å². The van der Waals surface area contributed by atoms with Crippen molar-refractivity contribution < 1.29 is 13.9 Å². The molecular weight excluding hydrogens is 508 g/mol. The number of rotatable bonds is 7. The molecule has 0 aliphatic heterocycles. The molecule has 0 saturated heterocycles. The summed E-state index contributed by atoms with van der Waals surface area (Å²) in [5.41, 5.74) is 1.80. The number of nitrogens with zero attached hydrogens (tertiary/aromatic N) is 2. The van der Waals surface area contributed by atoms with E-state index in [9.17, 15) is 4.79 Å². The van der Waals surface area contributed by atoms with E-state index in [1.54, 1.807) is 22.9 Å². The van der Waals surface area contributed by atoms with Crippen LogP contribution < -0.4 is 10.1 Å². The van der Waals surface area contributed by atoms with E-state index >= 15 is 0 Å². The number of aromatic nitrogens is 2. The van der Waals surface area contributed by atoms with Gasteiger partial charge in [0.1, 0.15) is 12.4 Å². The maximum atomic E-state index is 12.6. The number of carbonyl (C=O) groups is 1. The van der Waals surface area contributed by atoms with Crippen molar-refractivity contribution in [1.82, 2.24) is 9.78 Å². The second kappa shape index (κ2) is 10.1. The Balaban J connectivity index is 1.40. The number of carbonyl (C=O) groups excluding carboxylic acids is 1. The van der Waals surface area contributed by atoms with Crippen LogP contribution in [-0.4, -0.2) is 15.7 Å². The Morgan fingerprint density at radius 2 is 1.76 bits per heavy atom. The van der Waals surface area contributed by atoms with Gasteiger partial charge in [0.15, 0.2) is 17.3 Å². The largest absolute Gasteiger partial charge is 0.483 e. The molecule has 0 spiro atoms. The van der Waals surface area contributed by atoms with E-state index in [1.807, 2.05) is 31.2 Å². The van der Waals surface area contributed by atoms with Gasteiger partial charge in [-0.2, -0.15) is 5.10 Å². The van der Waals surface area contributed by atoms with Gasteiger partial charge in [-0.05, 0) is 42.8 Å². The molecule has 2 heterocycles. The van der Waals surface area contributed by atoms with E-state index in [0.717, 1.165) is 11.3 Å². The smallest absolute Gasteiger partial charge is 0.292 e. The summed E-state index contributed by atoms with van der Waals surface area (Å²) in [6.07, 6.45) is 0. The van der Waals surface area contributed by atoms with Crippen molar-refractivity contribution in [2.45, 2.75) is 20.1 Å². The standard InChI is InChI=1S/C23H17Cl4N3O3/c1-13-8-21(29-30(13)11-14-4-2-3-5-17(14)25)28-23(31)20-7-6-16(33-20)12-32-22-18(26)9-15(24)10-19(22)27/h2-10H,11-12H2,1H3,(H,28,29,31). The lowest BCUT2D eigenvalue weighted by atomic mass is 10.2. The first-order valence-electron chi connectivity index (χ1n) is 9.75. The van der Waals surface area contributed by atoms with Crippen LogP contribution in [0.1, 0.15) is 27.6 Å². The monoisotopic (exact) mass is 523 g/mol. The predicted octanol–water partition coefficient (Wildman–Crippen LogP) is 7.28. The van der Waals surface area contributed by atoms with Crippen LogP contribution in [0.2, 0.25) is 20.1 Å². The fraction of sp³-hybridized carbons (Fsp3) is 0.130. The molecule has 10 heteroatoms. The summed E-state index contributed by atoms with van der Waals surface area (Å²) < 4.78 is 13.0. The van der Waals surface area contributed by atoms with Gasteiger partial charge in [-0.15, -0.1) is 0 Å². The summed E-state index contributed by atoms with van der Waals surface area (Å²) in [4.78, 5) is 12.6. The molecule has 0 saturated carbocycles. The molecule has 2 aromatic heterocycles. The number of hydrogen-bond acceptors (Lipinski definition) is 4. The summed E-state index contributed by atoms with van der Waals surface area (Å²) in [5.74, 6) is 0.775. The third-order valence-electron chi connectivity index (χ3n) is 4.71. The third-order valence-corrected chi connectivity index (χ3v) is 5.86. The minimum absolute atomic E-state index is 0.0277. The zero-order chi connectivity index (χ0) is 23.5. The number of ether oxygens (including phenoxy) is 1. The highest BCUT2D eigenvalue weighted by Crippen LogP contribution is 2.36. The Bertz CT molecular complexity index is 1290. The second-order valence-electron chi connectivity index (χ2n) is 7.13. The molecule has 0 bridgehead atoms. The lowest BCUT2D eigenvalue weighted by Gasteiger charge is -2.09. The van der Waals surface area contributed by atoms with Gasteiger partial charge >= 0.3 is 0 Å². The molecule has 0 radical (unpaired) electrons. The van der Waals surface area contributed by atoms with E-state index in [-0.39, 0.29) is 28.2 Å². The number of amides is 1. The highest BCUT2D eigenvalue weighted by Gasteiger charge is 2.16. The Labute approximate surface area is 210 Å². The van der Waals surface area contributed by atoms with Gasteiger partial charge in [0.2, 0.25) is 0 Å². The van der Waals surface area contributed by atoms with Crippen LogP contribution in [0, 0.1) is 6.92 Å². The summed E-state index contributed by atoms with van der Waals surface area (Å²) in [7, 11) is 0. The first kappa shape index (κ1) is 23.5. The Kier molecular flexibility index (Phi) is 7.20. The number of benzene rings is 2. The van der Waals surface area contributed by atoms with Crippen LogP contribution in [-0.2, 0) is 13.2 Å². The maximum Gasteiger partial charge on any atom is 0.292 e. The van der Waals surface area contributed by atoms with Crippen LogP contribution in [0.15, 0.2) is 59.0 Å². The molecule has 0 unspecified atom stereocenters. The second-order valence-corrected chi connectivity index (χ2v) is 8.79. The van der Waals surface area contributed by atoms with Gasteiger partial charge in [0, 0.05) is 21.8 Å². The molecule has 33 heavy (non-hydrogen) atoms. The lowest BCUT2D eigenvalue weighted by Crippen LogP contribution is -2.12. The molecule has 1 N–H and O–H groups in total. The molecule has 0 aliphatic rings. The molecule has 2 aromatic carbocycles. The van der Waals surface area contributed by atoms with Crippen LogP contribution in [0.3, 0.4) is 0 Å². The number of aryl methyl sites for hydroxylation is 1. The van der Waals surface area contributed by atoms with E-state index in [2.05, 4.69) is 10.4 Å². The molecule has 0 fully saturated rings. The van der Waals surface area contributed by atoms with Crippen LogP contribution in [0.5, 0.6) is 5.75 Å². The summed E-state index contributed by atoms with van der Waals surface area (Å²) in [6, 6.07) is 15.5. The van der Waals surface area contributed by atoms with E-state index in [4.69, 9.17) is 55.6 Å². The minimum atomic E-state index is -0.439. The summed E-state index contributed by atoms with van der Waals surface area (Å²) in [6.45, 7) is 2.41. The fourth-order valence-electron chi connectivity index (χ4n) is 3.08. The number of anilines is 1. The number of halogens is 4. The maximum absolute atomic E-state index is 12.6. The summed E-state index contributed by atoms with van der Waals surface area (Å²) >= 11 is 24.4. The van der Waals surface area contributed by atoms with Gasteiger partial charge in [0.05, 0.1) is 16.6 Å². The van der Waals surface area contributed by atoms with E-state index < -0.39 is 5.91 Å². The zero-order valence-electron chi connectivity index (χ0n) is 17.2. The number of hydrogen-bond donors (Lipinski definition) is 1. The molecule has 170 valence electrons. The van der Waals surface area contributed by atoms with Crippen molar-refractivity contribution in [1.29, 1.82) is 0 Å². The zero-order valence-corrected chi connectivity index (χ0v) is 20.3. The number of nitrogens with one attached hydrogen (secondary N) is 1. The SMILES string of the molecule is Cc1cc(NC(=O)c2ccc(COc3c(Cl)cc(Cl)cc3Cl)o2)nn1Cc1ccccc1Cl. The Morgan fingerprint density at radius 3 is 2.48 bits per heavy atom. The lowest BCUT2D eigenvalue weighted by molar-refractivity contribution is 0.0992. The van der Waals surface area contributed by atoms with Crippen molar-refractivity contribution in [3.63, 3.8) is 0 Å². The van der Waals surface area contributed by atoms with Gasteiger partial charge in [-0.25, -0.2) is 0 Å². The average molecular weight is 525 g/mol. The Morgan fingerprint density at radius 1 is 1.03 bits per heavy atom. The quantitative estimate of drug-likeness (QED) is 0.276. The normalized spacial score (nSPS) is 10.9. The Hall–Kier alpha value is -2.64. The molecule has 6 nitrogen and oxygen atoms in total. The van der Waals surface area contributed by atoms with Crippen LogP contribution in [0.4, 0.5) is 5.82 Å². The number of furan rings is 1. The molecule has 1 amide bonds. The molecule has 0 atom stereocenters. The molecule has 0 aliphatic carbocycles. The summed E-state index contributed by atoms with van der Waals surface area (Å²) in [5, 5.41) is 8.79. The highest BCUT2D eigenvalue weighted by molar-refractivity contribution is 6.40. The minimum Gasteiger partial charge on any atom is -0.483 e. The van der Waals surface area contributed by atoms with E-state index in [0.29, 0.717) is 28.2 Å². The van der Waals surface area contributed by atoms with Crippen LogP contribution in [0.25, 0.3) is 0 Å². The topological polar surface area (TPSA) is 69.3 Å². The van der Waals surface area contributed by atoms with Gasteiger partial charge < -0.3 is 14.5 Å². The van der Waals surface area contributed by atoms with Crippen molar-refractivity contribution >= 4 is 58.1 Å². The third kappa shape index (κ3) is 5.65. The van der Waals surface area contributed by atoms with Gasteiger partial charge in [-0.1, -0.05) is 64.6 Å². The predicted molar refractivity (Wildman–Crippen MR) is 130 cm³/mol. The first-order valence-corrected chi connectivity index (χ1v) is 11.3. The molecular formula is C23H17Cl4N3O3. The van der Waals surface area contributed by atoms with Crippen molar-refractivity contribution in [2.24, 2.45) is 0 Å².